The molecular formula is C13H15NO4. The molecule has 96 valence electrons. The van der Waals surface area contributed by atoms with Gasteiger partial charge in [-0.3, -0.25) is 14.6 Å². The number of ether oxygens (including phenoxy) is 1. The predicted octanol–water partition coefficient (Wildman–Crippen LogP) is 1.34. The highest BCUT2D eigenvalue weighted by Gasteiger charge is 2.29. The molecule has 1 unspecified atom stereocenters. The van der Waals surface area contributed by atoms with Crippen LogP contribution < -0.4 is 0 Å². The fraction of sp³-hybridized carbons (Fsp3) is 0.385. The zero-order valence-electron chi connectivity index (χ0n) is 10.6. The summed E-state index contributed by atoms with van der Waals surface area (Å²) in [6.45, 7) is 4.83. The molecule has 0 aliphatic carbocycles. The van der Waals surface area contributed by atoms with Gasteiger partial charge in [-0.2, -0.15) is 0 Å². The van der Waals surface area contributed by atoms with Crippen molar-refractivity contribution in [1.29, 1.82) is 0 Å². The number of Topliss-reactive ketones (excluding diaryl/α,β-unsaturated/α-hetero) is 2. The Morgan fingerprint density at radius 1 is 1.33 bits per heavy atom. The van der Waals surface area contributed by atoms with Crippen LogP contribution in [0, 0.1) is 12.8 Å². The van der Waals surface area contributed by atoms with Crippen molar-refractivity contribution in [2.75, 3.05) is 6.61 Å². The Hall–Kier alpha value is -2.04. The molecule has 0 radical (unpaired) electrons. The SMILES string of the molecule is CCOC(=O)C(=O)C(C)C(=O)c1cccc(C)n1. The molecule has 0 aliphatic heterocycles. The second kappa shape index (κ2) is 6.05. The number of pyridine rings is 1. The smallest absolute Gasteiger partial charge is 0.375 e. The van der Waals surface area contributed by atoms with Gasteiger partial charge < -0.3 is 4.74 Å². The lowest BCUT2D eigenvalue weighted by Crippen LogP contribution is -2.30. The van der Waals surface area contributed by atoms with Crippen molar-refractivity contribution in [2.24, 2.45) is 5.92 Å². The normalized spacial score (nSPS) is 11.7. The molecule has 5 heteroatoms. The molecule has 0 amide bonds. The van der Waals surface area contributed by atoms with Gasteiger partial charge >= 0.3 is 5.97 Å². The molecule has 1 aromatic rings. The van der Waals surface area contributed by atoms with E-state index in [1.165, 1.54) is 13.0 Å². The van der Waals surface area contributed by atoms with E-state index >= 15 is 0 Å². The second-order valence-corrected chi connectivity index (χ2v) is 3.83. The molecule has 0 aromatic carbocycles. The first kappa shape index (κ1) is 14.0. The molecule has 0 N–H and O–H groups in total. The van der Waals surface area contributed by atoms with Gasteiger partial charge in [-0.1, -0.05) is 6.07 Å². The van der Waals surface area contributed by atoms with Gasteiger partial charge in [-0.05, 0) is 32.9 Å². The molecule has 18 heavy (non-hydrogen) atoms. The Morgan fingerprint density at radius 3 is 2.56 bits per heavy atom. The van der Waals surface area contributed by atoms with Crippen molar-refractivity contribution < 1.29 is 19.1 Å². The number of aromatic nitrogens is 1. The zero-order chi connectivity index (χ0) is 13.7. The molecule has 0 saturated heterocycles. The zero-order valence-corrected chi connectivity index (χ0v) is 10.6. The van der Waals surface area contributed by atoms with Crippen molar-refractivity contribution in [1.82, 2.24) is 4.98 Å². The van der Waals surface area contributed by atoms with E-state index < -0.39 is 23.5 Å². The van der Waals surface area contributed by atoms with Crippen molar-refractivity contribution >= 4 is 17.5 Å². The van der Waals surface area contributed by atoms with Crippen LogP contribution in [0.3, 0.4) is 0 Å². The summed E-state index contributed by atoms with van der Waals surface area (Å²) in [6, 6.07) is 4.94. The first-order valence-corrected chi connectivity index (χ1v) is 5.66. The Morgan fingerprint density at radius 2 is 2.00 bits per heavy atom. The van der Waals surface area contributed by atoms with Gasteiger partial charge in [0.1, 0.15) is 5.69 Å². The summed E-state index contributed by atoms with van der Waals surface area (Å²) in [5, 5.41) is 0. The Bertz CT molecular complexity index is 482. The molecule has 5 nitrogen and oxygen atoms in total. The molecule has 1 atom stereocenters. The molecule has 0 saturated carbocycles. The van der Waals surface area contributed by atoms with Gasteiger partial charge in [-0.15, -0.1) is 0 Å². The molecule has 1 aromatic heterocycles. The van der Waals surface area contributed by atoms with E-state index in [2.05, 4.69) is 9.72 Å². The molecule has 0 aliphatic rings. The Kier molecular flexibility index (Phi) is 4.71. The van der Waals surface area contributed by atoms with Gasteiger partial charge in [0.25, 0.3) is 5.78 Å². The van der Waals surface area contributed by atoms with Crippen molar-refractivity contribution in [3.8, 4) is 0 Å². The number of ketones is 2. The van der Waals surface area contributed by atoms with E-state index in [4.69, 9.17) is 0 Å². The summed E-state index contributed by atoms with van der Waals surface area (Å²) >= 11 is 0. The summed E-state index contributed by atoms with van der Waals surface area (Å²) in [7, 11) is 0. The van der Waals surface area contributed by atoms with Crippen LogP contribution in [0.4, 0.5) is 0 Å². The Labute approximate surface area is 105 Å². The number of carbonyl (C=O) groups excluding carboxylic acids is 3. The molecule has 1 rings (SSSR count). The van der Waals surface area contributed by atoms with Gasteiger partial charge in [0.2, 0.25) is 0 Å². The van der Waals surface area contributed by atoms with Crippen LogP contribution >= 0.6 is 0 Å². The highest BCUT2D eigenvalue weighted by molar-refractivity contribution is 6.39. The average Bonchev–Trinajstić information content (AvgIpc) is 2.36. The van der Waals surface area contributed by atoms with Crippen molar-refractivity contribution in [2.45, 2.75) is 20.8 Å². The minimum atomic E-state index is -1.07. The van der Waals surface area contributed by atoms with Gasteiger partial charge in [0, 0.05) is 5.69 Å². The lowest BCUT2D eigenvalue weighted by atomic mass is 9.98. The lowest BCUT2D eigenvalue weighted by Gasteiger charge is -2.08. The summed E-state index contributed by atoms with van der Waals surface area (Å²) in [4.78, 5) is 38.8. The highest BCUT2D eigenvalue weighted by Crippen LogP contribution is 2.09. The van der Waals surface area contributed by atoms with Crippen LogP contribution in [0.1, 0.15) is 30.0 Å². The van der Waals surface area contributed by atoms with E-state index in [-0.39, 0.29) is 12.3 Å². The quantitative estimate of drug-likeness (QED) is 0.341. The standard InChI is InChI=1S/C13H15NO4/c1-4-18-13(17)12(16)9(3)11(15)10-7-5-6-8(2)14-10/h5-7,9H,4H2,1-3H3. The third kappa shape index (κ3) is 3.23. The number of esters is 1. The number of aryl methyl sites for hydroxylation is 1. The van der Waals surface area contributed by atoms with E-state index in [1.54, 1.807) is 26.0 Å². The van der Waals surface area contributed by atoms with Crippen LogP contribution in [0.25, 0.3) is 0 Å². The summed E-state index contributed by atoms with van der Waals surface area (Å²) in [5.74, 6) is -3.37. The van der Waals surface area contributed by atoms with Gasteiger partial charge in [0.05, 0.1) is 12.5 Å². The number of hydrogen-bond donors (Lipinski definition) is 0. The summed E-state index contributed by atoms with van der Waals surface area (Å²) in [5.41, 5.74) is 0.858. The first-order valence-electron chi connectivity index (χ1n) is 5.66. The van der Waals surface area contributed by atoms with Crippen LogP contribution in [0.15, 0.2) is 18.2 Å². The van der Waals surface area contributed by atoms with E-state index in [1.807, 2.05) is 0 Å². The molecule has 0 bridgehead atoms. The third-order valence-corrected chi connectivity index (χ3v) is 2.40. The predicted molar refractivity (Wildman–Crippen MR) is 64.1 cm³/mol. The van der Waals surface area contributed by atoms with E-state index in [0.29, 0.717) is 5.69 Å². The number of carbonyl (C=O) groups is 3. The number of rotatable bonds is 5. The molecule has 0 spiro atoms. The van der Waals surface area contributed by atoms with Crippen LogP contribution in [-0.2, 0) is 14.3 Å². The van der Waals surface area contributed by atoms with Crippen LogP contribution in [0.2, 0.25) is 0 Å². The monoisotopic (exact) mass is 249 g/mol. The van der Waals surface area contributed by atoms with Crippen LogP contribution in [0.5, 0.6) is 0 Å². The highest BCUT2D eigenvalue weighted by atomic mass is 16.5. The Balaban J connectivity index is 2.84. The van der Waals surface area contributed by atoms with E-state index in [9.17, 15) is 14.4 Å². The molecular weight excluding hydrogens is 234 g/mol. The first-order chi connectivity index (χ1) is 8.47. The van der Waals surface area contributed by atoms with Crippen molar-refractivity contribution in [3.05, 3.63) is 29.6 Å². The minimum absolute atomic E-state index is 0.105. The maximum absolute atomic E-state index is 12.0. The van der Waals surface area contributed by atoms with Gasteiger partial charge in [0.15, 0.2) is 5.78 Å². The van der Waals surface area contributed by atoms with Crippen LogP contribution in [-0.4, -0.2) is 29.1 Å². The third-order valence-electron chi connectivity index (χ3n) is 2.40. The topological polar surface area (TPSA) is 73.3 Å². The van der Waals surface area contributed by atoms with E-state index in [0.717, 1.165) is 0 Å². The maximum atomic E-state index is 12.0. The minimum Gasteiger partial charge on any atom is -0.460 e. The summed E-state index contributed by atoms with van der Waals surface area (Å²) < 4.78 is 4.57. The fourth-order valence-electron chi connectivity index (χ4n) is 1.40. The molecule has 1 heterocycles. The van der Waals surface area contributed by atoms with Gasteiger partial charge in [-0.25, -0.2) is 4.79 Å². The van der Waals surface area contributed by atoms with Crippen molar-refractivity contribution in [3.63, 3.8) is 0 Å². The largest absolute Gasteiger partial charge is 0.460 e. The molecule has 0 fully saturated rings. The lowest BCUT2D eigenvalue weighted by molar-refractivity contribution is -0.154. The number of nitrogens with zero attached hydrogens (tertiary/aromatic N) is 1. The fourth-order valence-corrected chi connectivity index (χ4v) is 1.40. The average molecular weight is 249 g/mol. The summed E-state index contributed by atoms with van der Waals surface area (Å²) in [6.07, 6.45) is 0. The maximum Gasteiger partial charge on any atom is 0.375 e. The second-order valence-electron chi connectivity index (χ2n) is 3.83. The number of hydrogen-bond acceptors (Lipinski definition) is 5.